The van der Waals surface area contributed by atoms with Gasteiger partial charge < -0.3 is 19.5 Å². The lowest BCUT2D eigenvalue weighted by atomic mass is 9.96. The van der Waals surface area contributed by atoms with Crippen LogP contribution in [0.15, 0.2) is 35.5 Å². The fourth-order valence-electron chi connectivity index (χ4n) is 7.22. The lowest BCUT2D eigenvalue weighted by Crippen LogP contribution is -2.35. The van der Waals surface area contributed by atoms with Gasteiger partial charge in [-0.2, -0.15) is 8.42 Å². The number of fused-ring (bicyclic) bond motifs is 5. The number of aryl methyl sites for hydroxylation is 1. The number of anilines is 2. The first kappa shape index (κ1) is 29.3. The van der Waals surface area contributed by atoms with E-state index >= 15 is 8.78 Å². The summed E-state index contributed by atoms with van der Waals surface area (Å²) in [5.41, 5.74) is 1.05. The zero-order chi connectivity index (χ0) is 32.1. The number of aromatic carboxylic acids is 1. The Morgan fingerprint density at radius 3 is 2.58 bits per heavy atom. The first-order chi connectivity index (χ1) is 21.3. The maximum Gasteiger partial charge on any atom is 0.359 e. The number of halogens is 2. The molecule has 0 unspecified atom stereocenters. The van der Waals surface area contributed by atoms with Crippen LogP contribution in [0.25, 0.3) is 33.3 Å². The highest BCUT2D eigenvalue weighted by atomic mass is 32.2. The summed E-state index contributed by atoms with van der Waals surface area (Å²) in [5.74, 6) is -3.53. The van der Waals surface area contributed by atoms with Crippen LogP contribution in [0.3, 0.4) is 0 Å². The molecule has 234 valence electrons. The van der Waals surface area contributed by atoms with E-state index in [9.17, 15) is 27.7 Å². The Morgan fingerprint density at radius 1 is 1.11 bits per heavy atom. The van der Waals surface area contributed by atoms with Gasteiger partial charge in [-0.15, -0.1) is 0 Å². The van der Waals surface area contributed by atoms with Crippen molar-refractivity contribution in [3.05, 3.63) is 69.4 Å². The number of carboxylic acids is 1. The van der Waals surface area contributed by atoms with Gasteiger partial charge in [0.15, 0.2) is 11.6 Å². The van der Waals surface area contributed by atoms with Gasteiger partial charge in [-0.1, -0.05) is 0 Å². The van der Waals surface area contributed by atoms with Crippen molar-refractivity contribution in [3.8, 4) is 22.3 Å². The van der Waals surface area contributed by atoms with Gasteiger partial charge in [0.25, 0.3) is 0 Å². The van der Waals surface area contributed by atoms with Crippen molar-refractivity contribution in [2.24, 2.45) is 13.0 Å². The molecule has 0 radical (unpaired) electrons. The molecule has 2 saturated heterocycles. The van der Waals surface area contributed by atoms with Crippen LogP contribution in [0.2, 0.25) is 0 Å². The topological polar surface area (TPSA) is 149 Å². The smallest absolute Gasteiger partial charge is 0.359 e. The predicted molar refractivity (Wildman–Crippen MR) is 162 cm³/mol. The van der Waals surface area contributed by atoms with E-state index < -0.39 is 38.9 Å². The lowest BCUT2D eigenvalue weighted by Gasteiger charge is -2.31. The number of benzene rings is 1. The Kier molecular flexibility index (Phi) is 6.51. The second kappa shape index (κ2) is 10.0. The summed E-state index contributed by atoms with van der Waals surface area (Å²) in [7, 11) is -0.152. The molecule has 0 saturated carbocycles. The van der Waals surface area contributed by atoms with Gasteiger partial charge in [-0.05, 0) is 31.0 Å². The molecule has 1 aromatic carbocycles. The second-order valence-corrected chi connectivity index (χ2v) is 13.4. The van der Waals surface area contributed by atoms with E-state index in [1.165, 1.54) is 23.0 Å². The molecular weight excluding hydrogens is 610 g/mol. The number of carboxylic acid groups (broad SMARTS) is 1. The minimum Gasteiger partial charge on any atom is -0.477 e. The summed E-state index contributed by atoms with van der Waals surface area (Å²) in [6.07, 6.45) is 5.13. The standard InChI is InChI=1S/C30H28F2N6O6S/c1-35-11-14-4-5-38(23(14)13-35)27-18(15-6-17-28(39)19(30(40)41)12-36(2)29(17)34-9-15)10-33-21-7-16-22(37(3)45(42,43)44)8-20(31)26(32)24(16)25(21)27/h6,8-10,12,14,23H,4-5,7,11,13H2,1-3H3,(H,40,41)(H,42,43,44)/t14-,23+/m0/s1. The zero-order valence-electron chi connectivity index (χ0n) is 24.5. The van der Waals surface area contributed by atoms with Crippen LogP contribution in [0, 0.1) is 17.6 Å². The molecule has 15 heteroatoms. The number of hydrogen-bond acceptors (Lipinski definition) is 8. The van der Waals surface area contributed by atoms with Crippen molar-refractivity contribution in [2.75, 3.05) is 42.9 Å². The first-order valence-electron chi connectivity index (χ1n) is 14.2. The van der Waals surface area contributed by atoms with E-state index in [0.717, 1.165) is 32.6 Å². The van der Waals surface area contributed by atoms with Gasteiger partial charge in [0, 0.05) is 93.1 Å². The highest BCUT2D eigenvalue weighted by molar-refractivity contribution is 7.87. The third-order valence-electron chi connectivity index (χ3n) is 9.28. The normalized spacial score (nSPS) is 19.2. The molecule has 3 aliphatic rings. The number of carbonyl (C=O) groups is 1. The van der Waals surface area contributed by atoms with Gasteiger partial charge in [0.2, 0.25) is 5.43 Å². The maximum absolute atomic E-state index is 15.9. The Morgan fingerprint density at radius 2 is 1.87 bits per heavy atom. The van der Waals surface area contributed by atoms with E-state index in [-0.39, 0.29) is 40.3 Å². The average Bonchev–Trinajstić information content (AvgIpc) is 3.67. The summed E-state index contributed by atoms with van der Waals surface area (Å²) >= 11 is 0. The van der Waals surface area contributed by atoms with Crippen molar-refractivity contribution < 1.29 is 31.7 Å². The van der Waals surface area contributed by atoms with Gasteiger partial charge in [-0.25, -0.2) is 18.6 Å². The van der Waals surface area contributed by atoms with Crippen molar-refractivity contribution in [1.82, 2.24) is 19.4 Å². The number of rotatable bonds is 5. The largest absolute Gasteiger partial charge is 0.477 e. The van der Waals surface area contributed by atoms with Crippen LogP contribution in [-0.4, -0.2) is 83.3 Å². The molecule has 45 heavy (non-hydrogen) atoms. The third-order valence-corrected chi connectivity index (χ3v) is 10.2. The summed E-state index contributed by atoms with van der Waals surface area (Å²) < 4.78 is 67.0. The zero-order valence-corrected chi connectivity index (χ0v) is 25.3. The Balaban J connectivity index is 1.53. The molecule has 0 bridgehead atoms. The van der Waals surface area contributed by atoms with Crippen molar-refractivity contribution >= 4 is 38.7 Å². The SMILES string of the molecule is CN1C[C@@H]2CCN(c3c(-c4cnc5c(c4)c(=O)c(C(=O)O)cn5C)cnc4c3-c3c(F)c(F)cc(N(C)S(=O)(=O)O)c3C4)[C@@H]2C1. The fourth-order valence-corrected chi connectivity index (χ4v) is 7.63. The molecule has 2 atom stereocenters. The molecule has 0 spiro atoms. The molecule has 1 aliphatic carbocycles. The minimum atomic E-state index is -4.80. The van der Waals surface area contributed by atoms with E-state index in [1.54, 1.807) is 13.2 Å². The van der Waals surface area contributed by atoms with Gasteiger partial charge >= 0.3 is 16.3 Å². The molecule has 0 amide bonds. The molecule has 4 aromatic rings. The van der Waals surface area contributed by atoms with Crippen LogP contribution in [-0.2, 0) is 23.8 Å². The summed E-state index contributed by atoms with van der Waals surface area (Å²) in [4.78, 5) is 38.5. The number of nitrogens with zero attached hydrogens (tertiary/aromatic N) is 6. The number of aromatic nitrogens is 3. The quantitative estimate of drug-likeness (QED) is 0.275. The molecule has 5 heterocycles. The molecular formula is C30H28F2N6O6S. The van der Waals surface area contributed by atoms with Gasteiger partial charge in [-0.3, -0.25) is 18.6 Å². The highest BCUT2D eigenvalue weighted by Gasteiger charge is 2.44. The third kappa shape index (κ3) is 4.40. The number of likely N-dealkylation sites (N-methyl/N-ethyl adjacent to an activating group) is 1. The fraction of sp³-hybridized carbons (Fsp3) is 0.333. The molecule has 12 nitrogen and oxygen atoms in total. The van der Waals surface area contributed by atoms with Gasteiger partial charge in [0.1, 0.15) is 11.2 Å². The Hall–Kier alpha value is -4.47. The molecule has 2 fully saturated rings. The van der Waals surface area contributed by atoms with Crippen LogP contribution < -0.4 is 14.6 Å². The van der Waals surface area contributed by atoms with E-state index in [4.69, 9.17) is 0 Å². The van der Waals surface area contributed by atoms with Crippen LogP contribution in [0.5, 0.6) is 0 Å². The second-order valence-electron chi connectivity index (χ2n) is 11.9. The highest BCUT2D eigenvalue weighted by Crippen LogP contribution is 2.52. The van der Waals surface area contributed by atoms with Crippen molar-refractivity contribution in [3.63, 3.8) is 0 Å². The molecule has 2 N–H and O–H groups in total. The van der Waals surface area contributed by atoms with Crippen LogP contribution >= 0.6 is 0 Å². The number of hydrogen-bond donors (Lipinski definition) is 2. The maximum atomic E-state index is 15.9. The van der Waals surface area contributed by atoms with Crippen molar-refractivity contribution in [2.45, 2.75) is 18.9 Å². The van der Waals surface area contributed by atoms with E-state index in [2.05, 4.69) is 19.8 Å². The monoisotopic (exact) mass is 638 g/mol. The predicted octanol–water partition coefficient (Wildman–Crippen LogP) is 2.92. The van der Waals surface area contributed by atoms with Crippen LogP contribution in [0.1, 0.15) is 28.0 Å². The van der Waals surface area contributed by atoms with E-state index in [1.807, 2.05) is 7.05 Å². The lowest BCUT2D eigenvalue weighted by molar-refractivity contribution is 0.0695. The summed E-state index contributed by atoms with van der Waals surface area (Å²) in [6, 6.07) is 2.31. The summed E-state index contributed by atoms with van der Waals surface area (Å²) in [5, 5.41) is 9.68. The Labute approximate surface area is 256 Å². The molecule has 7 rings (SSSR count). The number of likely N-dealkylation sites (tertiary alicyclic amines) is 1. The van der Waals surface area contributed by atoms with E-state index in [0.29, 0.717) is 44.8 Å². The summed E-state index contributed by atoms with van der Waals surface area (Å²) in [6.45, 7) is 2.18. The number of pyridine rings is 3. The first-order valence-corrected chi connectivity index (χ1v) is 15.6. The van der Waals surface area contributed by atoms with Crippen molar-refractivity contribution in [1.29, 1.82) is 0 Å². The van der Waals surface area contributed by atoms with Gasteiger partial charge in [0.05, 0.1) is 22.5 Å². The van der Waals surface area contributed by atoms with Crippen LogP contribution in [0.4, 0.5) is 20.2 Å². The Bertz CT molecular complexity index is 2140. The minimum absolute atomic E-state index is 0.0232. The molecule has 2 aliphatic heterocycles. The average molecular weight is 639 g/mol. The molecule has 3 aromatic heterocycles.